The maximum atomic E-state index is 14.2. The second-order valence-electron chi connectivity index (χ2n) is 8.67. The van der Waals surface area contributed by atoms with Crippen molar-refractivity contribution >= 4 is 34.0 Å². The lowest BCUT2D eigenvalue weighted by Crippen LogP contribution is -2.61. The number of ether oxygens (including phenoxy) is 2. The van der Waals surface area contributed by atoms with Crippen molar-refractivity contribution in [2.75, 3.05) is 32.2 Å². The number of nitrogens with zero attached hydrogens (tertiary/aromatic N) is 3. The number of rotatable bonds is 4. The average molecular weight is 462 g/mol. The summed E-state index contributed by atoms with van der Waals surface area (Å²) in [4.78, 5) is 38.0. The van der Waals surface area contributed by atoms with Crippen molar-refractivity contribution in [1.29, 1.82) is 0 Å². The van der Waals surface area contributed by atoms with E-state index in [9.17, 15) is 9.59 Å². The predicted octanol–water partition coefficient (Wildman–Crippen LogP) is 2.68. The highest BCUT2D eigenvalue weighted by Gasteiger charge is 2.56. The van der Waals surface area contributed by atoms with E-state index in [-0.39, 0.29) is 24.1 Å². The Morgan fingerprint density at radius 2 is 1.85 bits per heavy atom. The van der Waals surface area contributed by atoms with Gasteiger partial charge in [0.1, 0.15) is 34.3 Å². The van der Waals surface area contributed by atoms with Gasteiger partial charge in [0.25, 0.3) is 0 Å². The Balaban J connectivity index is 1.72. The summed E-state index contributed by atoms with van der Waals surface area (Å²) in [6.07, 6.45) is 1.21. The number of fused-ring (bicyclic) bond motifs is 1. The standard InChI is InChI=1S/C25H27N5O4/c1-15(31)29-10-6-9-25(14-29)22(32)21(24-27-19-7-4-5-8-20(19)28-24)23(26)30(25)16-11-17(33-2)13-18(12-16)34-3/h4-5,7-8,11-13H,6,9-10,14,26H2,1-3H3,(H,27,28). The second-order valence-corrected chi connectivity index (χ2v) is 8.67. The number of aromatic amines is 1. The van der Waals surface area contributed by atoms with Crippen LogP contribution in [0.15, 0.2) is 48.3 Å². The Morgan fingerprint density at radius 3 is 2.50 bits per heavy atom. The maximum Gasteiger partial charge on any atom is 0.219 e. The van der Waals surface area contributed by atoms with Gasteiger partial charge in [0.05, 0.1) is 37.5 Å². The minimum absolute atomic E-state index is 0.0780. The summed E-state index contributed by atoms with van der Waals surface area (Å²) in [5.41, 5.74) is 8.23. The molecule has 3 heterocycles. The zero-order valence-corrected chi connectivity index (χ0v) is 19.4. The van der Waals surface area contributed by atoms with Crippen LogP contribution in [0.3, 0.4) is 0 Å². The van der Waals surface area contributed by atoms with E-state index in [0.29, 0.717) is 48.0 Å². The molecule has 2 aliphatic rings. The fraction of sp³-hybridized carbons (Fsp3) is 0.320. The second kappa shape index (κ2) is 8.09. The molecule has 3 N–H and O–H groups in total. The molecule has 34 heavy (non-hydrogen) atoms. The molecule has 9 heteroatoms. The quantitative estimate of drug-likeness (QED) is 0.614. The summed E-state index contributed by atoms with van der Waals surface area (Å²) in [6, 6.07) is 13.0. The van der Waals surface area contributed by atoms with Crippen molar-refractivity contribution in [2.45, 2.75) is 25.3 Å². The number of amides is 1. The van der Waals surface area contributed by atoms with E-state index in [1.807, 2.05) is 41.3 Å². The number of hydrogen-bond donors (Lipinski definition) is 2. The van der Waals surface area contributed by atoms with Crippen LogP contribution < -0.4 is 20.1 Å². The molecule has 176 valence electrons. The van der Waals surface area contributed by atoms with Gasteiger partial charge < -0.3 is 30.0 Å². The molecule has 1 aromatic heterocycles. The lowest BCUT2D eigenvalue weighted by molar-refractivity contribution is -0.132. The zero-order valence-electron chi connectivity index (χ0n) is 19.4. The van der Waals surface area contributed by atoms with Crippen LogP contribution in [0.1, 0.15) is 25.6 Å². The van der Waals surface area contributed by atoms with Crippen LogP contribution >= 0.6 is 0 Å². The van der Waals surface area contributed by atoms with Gasteiger partial charge >= 0.3 is 0 Å². The van der Waals surface area contributed by atoms with Crippen LogP contribution in [0.5, 0.6) is 11.5 Å². The average Bonchev–Trinajstić information content (AvgIpc) is 3.35. The maximum absolute atomic E-state index is 14.2. The molecule has 1 amide bonds. The fourth-order valence-electron chi connectivity index (χ4n) is 5.07. The van der Waals surface area contributed by atoms with Crippen molar-refractivity contribution in [3.8, 4) is 11.5 Å². The first-order chi connectivity index (χ1) is 16.4. The molecule has 9 nitrogen and oxygen atoms in total. The Morgan fingerprint density at radius 1 is 1.15 bits per heavy atom. The number of hydrogen-bond acceptors (Lipinski definition) is 7. The molecule has 2 aromatic carbocycles. The van der Waals surface area contributed by atoms with E-state index in [4.69, 9.17) is 15.2 Å². The Bertz CT molecular complexity index is 1270. The van der Waals surface area contributed by atoms with Crippen LogP contribution in [0.2, 0.25) is 0 Å². The number of likely N-dealkylation sites (tertiary alicyclic amines) is 1. The summed E-state index contributed by atoms with van der Waals surface area (Å²) in [7, 11) is 3.14. The number of carbonyl (C=O) groups is 2. The van der Waals surface area contributed by atoms with Crippen LogP contribution in [0.25, 0.3) is 16.6 Å². The number of nitrogens with one attached hydrogen (secondary N) is 1. The number of methoxy groups -OCH3 is 2. The fourth-order valence-corrected chi connectivity index (χ4v) is 5.07. The number of nitrogens with two attached hydrogens (primary N) is 1. The van der Waals surface area contributed by atoms with Crippen molar-refractivity contribution < 1.29 is 19.1 Å². The third kappa shape index (κ3) is 3.27. The molecule has 1 fully saturated rings. The minimum atomic E-state index is -1.06. The van der Waals surface area contributed by atoms with Crippen LogP contribution in [0, 0.1) is 0 Å². The van der Waals surface area contributed by atoms with Gasteiger partial charge in [-0.25, -0.2) is 4.98 Å². The monoisotopic (exact) mass is 461 g/mol. The number of H-pyrrole nitrogens is 1. The highest BCUT2D eigenvalue weighted by Crippen LogP contribution is 2.46. The molecule has 1 unspecified atom stereocenters. The van der Waals surface area contributed by atoms with E-state index in [2.05, 4.69) is 9.97 Å². The zero-order chi connectivity index (χ0) is 24.0. The highest BCUT2D eigenvalue weighted by atomic mass is 16.5. The minimum Gasteiger partial charge on any atom is -0.497 e. The molecular formula is C25H27N5O4. The van der Waals surface area contributed by atoms with E-state index < -0.39 is 5.54 Å². The SMILES string of the molecule is COc1cc(OC)cc(N2C(N)=C(c3nc4ccccc4[nH]3)C(=O)C23CCCN(C(C)=O)C3)c1. The van der Waals surface area contributed by atoms with Crippen LogP contribution in [0.4, 0.5) is 5.69 Å². The molecule has 1 saturated heterocycles. The van der Waals surface area contributed by atoms with Crippen molar-refractivity contribution in [3.63, 3.8) is 0 Å². The van der Waals surface area contributed by atoms with E-state index in [1.54, 1.807) is 25.2 Å². The smallest absolute Gasteiger partial charge is 0.219 e. The van der Waals surface area contributed by atoms with Gasteiger partial charge in [0.2, 0.25) is 5.91 Å². The van der Waals surface area contributed by atoms with Crippen LogP contribution in [-0.4, -0.2) is 59.4 Å². The molecule has 0 bridgehead atoms. The number of piperidine rings is 1. The Labute approximate surface area is 197 Å². The number of para-hydroxylation sites is 2. The van der Waals surface area contributed by atoms with E-state index in [0.717, 1.165) is 11.0 Å². The van der Waals surface area contributed by atoms with Gasteiger partial charge in [0, 0.05) is 31.7 Å². The highest BCUT2D eigenvalue weighted by molar-refractivity contribution is 6.30. The van der Waals surface area contributed by atoms with Gasteiger partial charge in [0.15, 0.2) is 5.78 Å². The molecule has 1 spiro atoms. The van der Waals surface area contributed by atoms with E-state index >= 15 is 0 Å². The third-order valence-electron chi connectivity index (χ3n) is 6.71. The molecule has 0 radical (unpaired) electrons. The first-order valence-corrected chi connectivity index (χ1v) is 11.2. The molecule has 0 aliphatic carbocycles. The molecule has 3 aromatic rings. The first-order valence-electron chi connectivity index (χ1n) is 11.2. The molecule has 5 rings (SSSR count). The van der Waals surface area contributed by atoms with Crippen LogP contribution in [-0.2, 0) is 9.59 Å². The number of anilines is 1. The predicted molar refractivity (Wildman–Crippen MR) is 128 cm³/mol. The van der Waals surface area contributed by atoms with Gasteiger partial charge in [-0.1, -0.05) is 12.1 Å². The number of Topliss-reactive ketones (excluding diaryl/α,β-unsaturated/α-hetero) is 1. The summed E-state index contributed by atoms with van der Waals surface area (Å²) in [5.74, 6) is 1.61. The molecule has 1 atom stereocenters. The van der Waals surface area contributed by atoms with Gasteiger partial charge in [-0.15, -0.1) is 0 Å². The Hall–Kier alpha value is -4.01. The van der Waals surface area contributed by atoms with Gasteiger partial charge in [-0.2, -0.15) is 0 Å². The number of aromatic nitrogens is 2. The topological polar surface area (TPSA) is 114 Å². The summed E-state index contributed by atoms with van der Waals surface area (Å²) in [6.45, 7) is 2.35. The molecule has 2 aliphatic heterocycles. The lowest BCUT2D eigenvalue weighted by Gasteiger charge is -2.45. The number of imidazole rings is 1. The molecular weight excluding hydrogens is 434 g/mol. The normalized spacial score (nSPS) is 20.5. The summed E-state index contributed by atoms with van der Waals surface area (Å²) in [5, 5.41) is 0. The summed E-state index contributed by atoms with van der Waals surface area (Å²) >= 11 is 0. The lowest BCUT2D eigenvalue weighted by atomic mass is 9.82. The van der Waals surface area contributed by atoms with Crippen molar-refractivity contribution in [1.82, 2.24) is 14.9 Å². The number of ketones is 1. The number of carbonyl (C=O) groups excluding carboxylic acids is 2. The van der Waals surface area contributed by atoms with Crippen molar-refractivity contribution in [2.24, 2.45) is 5.73 Å². The first kappa shape index (κ1) is 21.8. The summed E-state index contributed by atoms with van der Waals surface area (Å²) < 4.78 is 10.9. The third-order valence-corrected chi connectivity index (χ3v) is 6.71. The van der Waals surface area contributed by atoms with Gasteiger partial charge in [-0.3, -0.25) is 9.59 Å². The number of benzene rings is 2. The van der Waals surface area contributed by atoms with Gasteiger partial charge in [-0.05, 0) is 25.0 Å². The Kier molecular flexibility index (Phi) is 5.19. The largest absolute Gasteiger partial charge is 0.497 e. The van der Waals surface area contributed by atoms with Crippen molar-refractivity contribution in [3.05, 3.63) is 54.1 Å². The van der Waals surface area contributed by atoms with E-state index in [1.165, 1.54) is 6.92 Å². The molecule has 0 saturated carbocycles.